The van der Waals surface area contributed by atoms with Gasteiger partial charge in [0.25, 0.3) is 0 Å². The summed E-state index contributed by atoms with van der Waals surface area (Å²) in [6.07, 6.45) is 2.93. The summed E-state index contributed by atoms with van der Waals surface area (Å²) in [4.78, 5) is 36.6. The van der Waals surface area contributed by atoms with Gasteiger partial charge in [-0.2, -0.15) is 0 Å². The molecular formula is C21H26FN5O3. The Labute approximate surface area is 175 Å². The zero-order valence-electron chi connectivity index (χ0n) is 17.3. The number of nitrogens with one attached hydrogen (secondary N) is 1. The summed E-state index contributed by atoms with van der Waals surface area (Å²) in [7, 11) is 1.29. The molecule has 1 unspecified atom stereocenters. The summed E-state index contributed by atoms with van der Waals surface area (Å²) in [5.74, 6) is -0.0310. The van der Waals surface area contributed by atoms with E-state index in [0.717, 1.165) is 0 Å². The van der Waals surface area contributed by atoms with Gasteiger partial charge in [0.15, 0.2) is 5.69 Å². The molecule has 1 atom stereocenters. The molecule has 2 amide bonds. The molecule has 2 heterocycles. The van der Waals surface area contributed by atoms with E-state index in [1.54, 1.807) is 23.1 Å². The number of anilines is 1. The first-order chi connectivity index (χ1) is 14.4. The van der Waals surface area contributed by atoms with Crippen molar-refractivity contribution in [3.8, 4) is 0 Å². The number of ether oxygens (including phenoxy) is 1. The fraction of sp³-hybridized carbons (Fsp3) is 0.429. The number of rotatable bonds is 5. The molecule has 0 radical (unpaired) electrons. The average Bonchev–Trinajstić information content (AvgIpc) is 2.77. The van der Waals surface area contributed by atoms with Crippen molar-refractivity contribution in [3.05, 3.63) is 53.7 Å². The molecule has 3 rings (SSSR count). The van der Waals surface area contributed by atoms with Crippen LogP contribution >= 0.6 is 0 Å². The lowest BCUT2D eigenvalue weighted by Crippen LogP contribution is -2.59. The van der Waals surface area contributed by atoms with Crippen LogP contribution in [-0.2, 0) is 11.3 Å². The van der Waals surface area contributed by atoms with Crippen LogP contribution in [0.2, 0.25) is 0 Å². The Morgan fingerprint density at radius 2 is 2.00 bits per heavy atom. The van der Waals surface area contributed by atoms with E-state index in [0.29, 0.717) is 31.0 Å². The zero-order valence-corrected chi connectivity index (χ0v) is 17.3. The molecule has 1 aromatic carbocycles. The lowest BCUT2D eigenvalue weighted by Gasteiger charge is -2.43. The fourth-order valence-corrected chi connectivity index (χ4v) is 3.45. The Kier molecular flexibility index (Phi) is 6.81. The number of piperazine rings is 1. The minimum Gasteiger partial charge on any atom is -0.464 e. The largest absolute Gasteiger partial charge is 0.464 e. The zero-order chi connectivity index (χ0) is 21.7. The van der Waals surface area contributed by atoms with Crippen molar-refractivity contribution < 1.29 is 18.7 Å². The molecule has 30 heavy (non-hydrogen) atoms. The Bertz CT molecular complexity index is 890. The van der Waals surface area contributed by atoms with Crippen LogP contribution in [0.3, 0.4) is 0 Å². The van der Waals surface area contributed by atoms with Crippen LogP contribution < -0.4 is 10.2 Å². The minimum atomic E-state index is -0.537. The van der Waals surface area contributed by atoms with Crippen molar-refractivity contribution in [1.82, 2.24) is 20.2 Å². The molecule has 1 aliphatic rings. The van der Waals surface area contributed by atoms with Gasteiger partial charge in [-0.1, -0.05) is 32.0 Å². The first-order valence-corrected chi connectivity index (χ1v) is 9.84. The maximum absolute atomic E-state index is 13.8. The number of urea groups is 1. The molecule has 0 aliphatic carbocycles. The average molecular weight is 415 g/mol. The predicted octanol–water partition coefficient (Wildman–Crippen LogP) is 2.46. The number of halogens is 1. The molecule has 1 saturated heterocycles. The van der Waals surface area contributed by atoms with Crippen molar-refractivity contribution in [2.45, 2.75) is 26.4 Å². The molecule has 1 aliphatic heterocycles. The second-order valence-corrected chi connectivity index (χ2v) is 7.45. The van der Waals surface area contributed by atoms with Gasteiger partial charge in [0.2, 0.25) is 0 Å². The van der Waals surface area contributed by atoms with Gasteiger partial charge in [0.1, 0.15) is 11.6 Å². The number of carbonyl (C=O) groups excluding carboxylic acids is 2. The summed E-state index contributed by atoms with van der Waals surface area (Å²) >= 11 is 0. The van der Waals surface area contributed by atoms with E-state index in [4.69, 9.17) is 0 Å². The number of carbonyl (C=O) groups is 2. The Balaban J connectivity index is 1.65. The maximum atomic E-state index is 13.8. The Morgan fingerprint density at radius 3 is 2.63 bits per heavy atom. The molecule has 0 saturated carbocycles. The van der Waals surface area contributed by atoms with Crippen LogP contribution in [-0.4, -0.2) is 59.7 Å². The summed E-state index contributed by atoms with van der Waals surface area (Å²) in [5.41, 5.74) is 0.597. The molecule has 8 nitrogen and oxygen atoms in total. The van der Waals surface area contributed by atoms with Crippen LogP contribution in [0.15, 0.2) is 36.7 Å². The monoisotopic (exact) mass is 415 g/mol. The number of hydrogen-bond donors (Lipinski definition) is 1. The normalized spacial score (nSPS) is 16.5. The van der Waals surface area contributed by atoms with Gasteiger partial charge in [0.05, 0.1) is 25.5 Å². The highest BCUT2D eigenvalue weighted by atomic mass is 19.1. The van der Waals surface area contributed by atoms with E-state index >= 15 is 0 Å². The van der Waals surface area contributed by atoms with E-state index in [-0.39, 0.29) is 36.0 Å². The molecule has 1 N–H and O–H groups in total. The third-order valence-corrected chi connectivity index (χ3v) is 5.19. The third kappa shape index (κ3) is 4.84. The molecule has 9 heteroatoms. The lowest BCUT2D eigenvalue weighted by molar-refractivity contribution is 0.0593. The second-order valence-electron chi connectivity index (χ2n) is 7.45. The van der Waals surface area contributed by atoms with Gasteiger partial charge in [-0.05, 0) is 12.0 Å². The van der Waals surface area contributed by atoms with Gasteiger partial charge >= 0.3 is 12.0 Å². The van der Waals surface area contributed by atoms with Gasteiger partial charge < -0.3 is 19.9 Å². The van der Waals surface area contributed by atoms with Crippen LogP contribution in [0.5, 0.6) is 0 Å². The van der Waals surface area contributed by atoms with E-state index in [1.165, 1.54) is 25.6 Å². The minimum absolute atomic E-state index is 0.0542. The maximum Gasteiger partial charge on any atom is 0.358 e. The fourth-order valence-electron chi connectivity index (χ4n) is 3.45. The number of amides is 2. The molecule has 160 valence electrons. The molecule has 1 aromatic heterocycles. The van der Waals surface area contributed by atoms with Crippen molar-refractivity contribution in [2.24, 2.45) is 5.92 Å². The summed E-state index contributed by atoms with van der Waals surface area (Å²) in [6, 6.07) is 6.13. The summed E-state index contributed by atoms with van der Waals surface area (Å²) in [6.45, 7) is 5.89. The van der Waals surface area contributed by atoms with E-state index in [1.807, 2.05) is 4.90 Å². The van der Waals surface area contributed by atoms with Crippen LogP contribution in [0.1, 0.15) is 29.9 Å². The van der Waals surface area contributed by atoms with E-state index in [9.17, 15) is 14.0 Å². The van der Waals surface area contributed by atoms with Crippen molar-refractivity contribution in [1.29, 1.82) is 0 Å². The predicted molar refractivity (Wildman–Crippen MR) is 110 cm³/mol. The van der Waals surface area contributed by atoms with Gasteiger partial charge in [-0.25, -0.2) is 23.9 Å². The Hall–Kier alpha value is -3.23. The van der Waals surface area contributed by atoms with Gasteiger partial charge in [-0.3, -0.25) is 0 Å². The molecular weight excluding hydrogens is 389 g/mol. The number of hydrogen-bond acceptors (Lipinski definition) is 6. The van der Waals surface area contributed by atoms with Crippen molar-refractivity contribution >= 4 is 17.8 Å². The first-order valence-electron chi connectivity index (χ1n) is 9.84. The number of nitrogens with zero attached hydrogens (tertiary/aromatic N) is 4. The standard InChI is InChI=1S/C21H26FN5O3/c1-14(2)18-13-26(19-12-23-17(11-24-19)20(28)30-3)8-9-27(18)21(29)25-10-15-6-4-5-7-16(15)22/h4-7,11-12,14,18H,8-10,13H2,1-3H3,(H,25,29). The van der Waals surface area contributed by atoms with Crippen molar-refractivity contribution in [3.63, 3.8) is 0 Å². The second kappa shape index (κ2) is 9.51. The van der Waals surface area contributed by atoms with E-state index in [2.05, 4.69) is 33.9 Å². The summed E-state index contributed by atoms with van der Waals surface area (Å²) in [5, 5.41) is 2.82. The van der Waals surface area contributed by atoms with Crippen molar-refractivity contribution in [2.75, 3.05) is 31.6 Å². The van der Waals surface area contributed by atoms with E-state index < -0.39 is 5.97 Å². The number of benzene rings is 1. The highest BCUT2D eigenvalue weighted by Crippen LogP contribution is 2.21. The molecule has 1 fully saturated rings. The topological polar surface area (TPSA) is 87.7 Å². The SMILES string of the molecule is COC(=O)c1cnc(N2CCN(C(=O)NCc3ccccc3F)C(C(C)C)C2)cn1. The number of aromatic nitrogens is 2. The number of methoxy groups -OCH3 is 1. The summed E-state index contributed by atoms with van der Waals surface area (Å²) < 4.78 is 18.5. The smallest absolute Gasteiger partial charge is 0.358 e. The van der Waals surface area contributed by atoms with Gasteiger partial charge in [0, 0.05) is 31.7 Å². The number of esters is 1. The quantitative estimate of drug-likeness (QED) is 0.755. The highest BCUT2D eigenvalue weighted by molar-refractivity contribution is 5.86. The molecule has 2 aromatic rings. The molecule has 0 spiro atoms. The first kappa shape index (κ1) is 21.5. The van der Waals surface area contributed by atoms with Crippen LogP contribution in [0.4, 0.5) is 15.0 Å². The van der Waals surface area contributed by atoms with Gasteiger partial charge in [-0.15, -0.1) is 0 Å². The highest BCUT2D eigenvalue weighted by Gasteiger charge is 2.33. The lowest BCUT2D eigenvalue weighted by atomic mass is 10.00. The third-order valence-electron chi connectivity index (χ3n) is 5.19. The van der Waals surface area contributed by atoms with Crippen LogP contribution in [0, 0.1) is 11.7 Å². The Morgan fingerprint density at radius 1 is 1.23 bits per heavy atom. The molecule has 0 bridgehead atoms. The van der Waals surface area contributed by atoms with Crippen LogP contribution in [0.25, 0.3) is 0 Å².